The van der Waals surface area contributed by atoms with Gasteiger partial charge in [0.25, 0.3) is 0 Å². The van der Waals surface area contributed by atoms with E-state index in [1.807, 2.05) is 20.8 Å². The second-order valence-corrected chi connectivity index (χ2v) is 4.37. The third kappa shape index (κ3) is 3.75. The van der Waals surface area contributed by atoms with E-state index in [1.165, 1.54) is 0 Å². The maximum atomic E-state index is 11.7. The molecular formula is C9H18N4O2. The van der Waals surface area contributed by atoms with E-state index in [0.717, 1.165) is 0 Å². The predicted octanol–water partition coefficient (Wildman–Crippen LogP) is 0.0989. The lowest BCUT2D eigenvalue weighted by Gasteiger charge is -2.29. The highest BCUT2D eigenvalue weighted by atomic mass is 16.6. The van der Waals surface area contributed by atoms with Gasteiger partial charge in [0.2, 0.25) is 0 Å². The molecule has 0 aromatic heterocycles. The summed E-state index contributed by atoms with van der Waals surface area (Å²) in [4.78, 5) is 17.3. The molecule has 3 N–H and O–H groups in total. The van der Waals surface area contributed by atoms with E-state index < -0.39 is 5.60 Å². The standard InChI is InChI=1S/C9H18N4O2/c1-9(2,3)15-8(14)13-5-4-11-7(6-13)12-10/h4-6,10H2,1-3H3,(H,11,12). The van der Waals surface area contributed by atoms with Gasteiger partial charge in [-0.1, -0.05) is 0 Å². The number of amides is 1. The minimum Gasteiger partial charge on any atom is -0.444 e. The molecule has 0 atom stereocenters. The van der Waals surface area contributed by atoms with Crippen molar-refractivity contribution in [3.8, 4) is 0 Å². The maximum absolute atomic E-state index is 11.7. The van der Waals surface area contributed by atoms with Crippen molar-refractivity contribution in [2.24, 2.45) is 10.8 Å². The van der Waals surface area contributed by atoms with E-state index in [0.29, 0.717) is 25.5 Å². The van der Waals surface area contributed by atoms with Crippen LogP contribution in [0.5, 0.6) is 0 Å². The number of hydrogen-bond donors (Lipinski definition) is 2. The topological polar surface area (TPSA) is 80.0 Å². The lowest BCUT2D eigenvalue weighted by atomic mass is 10.2. The molecule has 0 saturated heterocycles. The molecule has 1 aliphatic rings. The van der Waals surface area contributed by atoms with Crippen LogP contribution in [0.4, 0.5) is 4.79 Å². The van der Waals surface area contributed by atoms with Crippen LogP contribution in [0.1, 0.15) is 20.8 Å². The molecule has 1 rings (SSSR count). The van der Waals surface area contributed by atoms with Gasteiger partial charge in [0.15, 0.2) is 0 Å². The number of hydrogen-bond acceptors (Lipinski definition) is 5. The van der Waals surface area contributed by atoms with E-state index in [1.54, 1.807) is 4.90 Å². The summed E-state index contributed by atoms with van der Waals surface area (Å²) in [5.74, 6) is 5.84. The van der Waals surface area contributed by atoms with Crippen molar-refractivity contribution in [3.05, 3.63) is 0 Å². The average molecular weight is 214 g/mol. The Morgan fingerprint density at radius 1 is 1.60 bits per heavy atom. The van der Waals surface area contributed by atoms with Gasteiger partial charge in [-0.05, 0) is 20.8 Å². The number of nitrogens with two attached hydrogens (primary N) is 1. The van der Waals surface area contributed by atoms with Crippen molar-refractivity contribution in [2.45, 2.75) is 26.4 Å². The maximum Gasteiger partial charge on any atom is 0.410 e. The molecule has 0 aliphatic carbocycles. The first-order valence-corrected chi connectivity index (χ1v) is 4.90. The van der Waals surface area contributed by atoms with E-state index in [2.05, 4.69) is 10.4 Å². The predicted molar refractivity (Wildman–Crippen MR) is 57.4 cm³/mol. The fourth-order valence-corrected chi connectivity index (χ4v) is 1.19. The van der Waals surface area contributed by atoms with Crippen LogP contribution in [0.25, 0.3) is 0 Å². The van der Waals surface area contributed by atoms with Crippen molar-refractivity contribution < 1.29 is 9.53 Å². The first-order valence-electron chi connectivity index (χ1n) is 4.90. The Bertz CT molecular complexity index is 270. The Kier molecular flexibility index (Phi) is 3.52. The molecule has 0 bridgehead atoms. The number of rotatable bonds is 0. The van der Waals surface area contributed by atoms with E-state index in [4.69, 9.17) is 10.6 Å². The number of aliphatic imine (C=N–C) groups is 1. The molecule has 1 amide bonds. The Morgan fingerprint density at radius 2 is 2.27 bits per heavy atom. The monoisotopic (exact) mass is 214 g/mol. The van der Waals surface area contributed by atoms with Crippen molar-refractivity contribution in [3.63, 3.8) is 0 Å². The molecule has 6 nitrogen and oxygen atoms in total. The molecule has 15 heavy (non-hydrogen) atoms. The van der Waals surface area contributed by atoms with Crippen molar-refractivity contribution in [1.29, 1.82) is 0 Å². The molecule has 0 saturated carbocycles. The summed E-state index contributed by atoms with van der Waals surface area (Å²) in [7, 11) is 0. The fraction of sp³-hybridized carbons (Fsp3) is 0.778. The summed E-state index contributed by atoms with van der Waals surface area (Å²) in [6.07, 6.45) is -0.329. The van der Waals surface area contributed by atoms with Gasteiger partial charge in [-0.3, -0.25) is 9.89 Å². The highest BCUT2D eigenvalue weighted by molar-refractivity contribution is 5.87. The van der Waals surface area contributed by atoms with Gasteiger partial charge in [0.1, 0.15) is 11.4 Å². The molecular weight excluding hydrogens is 196 g/mol. The van der Waals surface area contributed by atoms with Crippen LogP contribution in [0, 0.1) is 0 Å². The molecule has 0 radical (unpaired) electrons. The fourth-order valence-electron chi connectivity index (χ4n) is 1.19. The summed E-state index contributed by atoms with van der Waals surface area (Å²) in [5.41, 5.74) is 1.98. The summed E-state index contributed by atoms with van der Waals surface area (Å²) in [5, 5.41) is 0. The van der Waals surface area contributed by atoms with Gasteiger partial charge < -0.3 is 10.2 Å². The lowest BCUT2D eigenvalue weighted by molar-refractivity contribution is 0.0276. The first kappa shape index (κ1) is 11.8. The zero-order valence-corrected chi connectivity index (χ0v) is 9.41. The molecule has 1 heterocycles. The number of hydrazine groups is 1. The van der Waals surface area contributed by atoms with Gasteiger partial charge in [0.05, 0.1) is 13.1 Å². The normalized spacial score (nSPS) is 17.1. The number of ether oxygens (including phenoxy) is 1. The highest BCUT2D eigenvalue weighted by Crippen LogP contribution is 2.10. The van der Waals surface area contributed by atoms with Crippen molar-refractivity contribution >= 4 is 11.9 Å². The minimum absolute atomic E-state index is 0.329. The Morgan fingerprint density at radius 3 is 2.80 bits per heavy atom. The summed E-state index contributed by atoms with van der Waals surface area (Å²) < 4.78 is 5.23. The third-order valence-corrected chi connectivity index (χ3v) is 1.83. The van der Waals surface area contributed by atoms with Crippen LogP contribution in [-0.4, -0.2) is 42.1 Å². The Balaban J connectivity index is 2.52. The average Bonchev–Trinajstić information content (AvgIpc) is 2.15. The first-order chi connectivity index (χ1) is 6.92. The third-order valence-electron chi connectivity index (χ3n) is 1.83. The zero-order valence-electron chi connectivity index (χ0n) is 9.41. The van der Waals surface area contributed by atoms with Crippen molar-refractivity contribution in [1.82, 2.24) is 10.3 Å². The zero-order chi connectivity index (χ0) is 11.5. The largest absolute Gasteiger partial charge is 0.444 e. The number of carbonyl (C=O) groups is 1. The molecule has 0 aromatic carbocycles. The van der Waals surface area contributed by atoms with Crippen LogP contribution in [0.15, 0.2) is 4.99 Å². The second-order valence-electron chi connectivity index (χ2n) is 4.37. The Labute approximate surface area is 89.4 Å². The van der Waals surface area contributed by atoms with Gasteiger partial charge in [-0.25, -0.2) is 10.6 Å². The highest BCUT2D eigenvalue weighted by Gasteiger charge is 2.24. The van der Waals surface area contributed by atoms with E-state index >= 15 is 0 Å². The number of nitrogens with zero attached hydrogens (tertiary/aromatic N) is 2. The quantitative estimate of drug-likeness (QED) is 0.442. The summed E-state index contributed by atoms with van der Waals surface area (Å²) in [6.45, 7) is 7.02. The molecule has 0 unspecified atom stereocenters. The van der Waals surface area contributed by atoms with Gasteiger partial charge in [-0.2, -0.15) is 0 Å². The Hall–Kier alpha value is -1.30. The number of nitrogens with one attached hydrogen (secondary N) is 1. The summed E-state index contributed by atoms with van der Waals surface area (Å²) >= 11 is 0. The molecule has 1 aliphatic heterocycles. The summed E-state index contributed by atoms with van der Waals surface area (Å²) in [6, 6.07) is 0. The van der Waals surface area contributed by atoms with Crippen LogP contribution in [0.3, 0.4) is 0 Å². The van der Waals surface area contributed by atoms with Gasteiger partial charge in [0, 0.05) is 6.54 Å². The molecule has 0 aromatic rings. The van der Waals surface area contributed by atoms with Crippen LogP contribution in [0.2, 0.25) is 0 Å². The van der Waals surface area contributed by atoms with E-state index in [9.17, 15) is 4.79 Å². The van der Waals surface area contributed by atoms with E-state index in [-0.39, 0.29) is 6.09 Å². The smallest absolute Gasteiger partial charge is 0.410 e. The van der Waals surface area contributed by atoms with Crippen LogP contribution in [-0.2, 0) is 4.74 Å². The van der Waals surface area contributed by atoms with Gasteiger partial charge in [-0.15, -0.1) is 0 Å². The van der Waals surface area contributed by atoms with Gasteiger partial charge >= 0.3 is 6.09 Å². The molecule has 6 heteroatoms. The van der Waals surface area contributed by atoms with Crippen LogP contribution >= 0.6 is 0 Å². The molecule has 0 fully saturated rings. The number of carbonyl (C=O) groups excluding carboxylic acids is 1. The van der Waals surface area contributed by atoms with Crippen molar-refractivity contribution in [2.75, 3.05) is 19.6 Å². The lowest BCUT2D eigenvalue weighted by Crippen LogP contribution is -2.48. The SMILES string of the molecule is CC(C)(C)OC(=O)N1CCN=C(NN)C1. The molecule has 86 valence electrons. The minimum atomic E-state index is -0.470. The number of amidine groups is 1. The second kappa shape index (κ2) is 4.48. The molecule has 0 spiro atoms. The van der Waals surface area contributed by atoms with Crippen LogP contribution < -0.4 is 11.3 Å².